The molecular weight excluding hydrogens is 216 g/mol. The number of aromatic nitrogens is 1. The third kappa shape index (κ3) is 4.32. The quantitative estimate of drug-likeness (QED) is 0.759. The molecule has 17 heavy (non-hydrogen) atoms. The van der Waals surface area contributed by atoms with E-state index in [0.717, 1.165) is 12.2 Å². The second kappa shape index (κ2) is 6.57. The highest BCUT2D eigenvalue weighted by atomic mass is 16.5. The summed E-state index contributed by atoms with van der Waals surface area (Å²) in [6.45, 7) is 4.98. The molecule has 4 heteroatoms. The smallest absolute Gasteiger partial charge is 0.137 e. The predicted molar refractivity (Wildman–Crippen MR) is 68.0 cm³/mol. The average molecular weight is 238 g/mol. The van der Waals surface area contributed by atoms with Crippen LogP contribution in [0.15, 0.2) is 18.3 Å². The molecule has 0 bridgehead atoms. The van der Waals surface area contributed by atoms with Crippen LogP contribution >= 0.6 is 0 Å². The summed E-state index contributed by atoms with van der Waals surface area (Å²) in [5.41, 5.74) is 0.241. The van der Waals surface area contributed by atoms with E-state index in [-0.39, 0.29) is 0 Å². The summed E-state index contributed by atoms with van der Waals surface area (Å²) in [5.74, 6) is 0.699. The number of nitrogens with one attached hydrogen (secondary N) is 1. The van der Waals surface area contributed by atoms with Crippen LogP contribution in [0.1, 0.15) is 32.4 Å². The number of rotatable bonds is 7. The van der Waals surface area contributed by atoms with E-state index in [2.05, 4.69) is 10.3 Å². The maximum absolute atomic E-state index is 10.1. The summed E-state index contributed by atoms with van der Waals surface area (Å²) in [6.07, 6.45) is 3.07. The van der Waals surface area contributed by atoms with Crippen LogP contribution in [0.25, 0.3) is 0 Å². The lowest BCUT2D eigenvalue weighted by molar-refractivity contribution is -0.0114. The number of nitrogens with zero attached hydrogens (tertiary/aromatic N) is 1. The van der Waals surface area contributed by atoms with Crippen LogP contribution in [0, 0.1) is 0 Å². The van der Waals surface area contributed by atoms with Crippen molar-refractivity contribution in [2.24, 2.45) is 0 Å². The highest BCUT2D eigenvalue weighted by Gasteiger charge is 2.22. The molecule has 0 aliphatic heterocycles. The molecule has 1 aromatic rings. The maximum Gasteiger partial charge on any atom is 0.137 e. The van der Waals surface area contributed by atoms with E-state index < -0.39 is 5.60 Å². The molecule has 0 spiro atoms. The van der Waals surface area contributed by atoms with Crippen LogP contribution in [-0.2, 0) is 6.54 Å². The van der Waals surface area contributed by atoms with Gasteiger partial charge in [0.2, 0.25) is 0 Å². The van der Waals surface area contributed by atoms with Crippen molar-refractivity contribution in [1.29, 1.82) is 0 Å². The van der Waals surface area contributed by atoms with Crippen LogP contribution in [0.5, 0.6) is 5.75 Å². The number of ether oxygens (including phenoxy) is 1. The van der Waals surface area contributed by atoms with E-state index in [1.807, 2.05) is 33.0 Å². The Morgan fingerprint density at radius 1 is 1.35 bits per heavy atom. The van der Waals surface area contributed by atoms with E-state index in [4.69, 9.17) is 4.74 Å². The molecular formula is C13H22N2O2. The van der Waals surface area contributed by atoms with E-state index in [1.54, 1.807) is 6.20 Å². The molecule has 1 heterocycles. The van der Waals surface area contributed by atoms with Crippen molar-refractivity contribution in [3.63, 3.8) is 0 Å². The van der Waals surface area contributed by atoms with Crippen molar-refractivity contribution in [3.05, 3.63) is 24.0 Å². The molecule has 2 N–H and O–H groups in total. The van der Waals surface area contributed by atoms with Crippen molar-refractivity contribution in [3.8, 4) is 5.75 Å². The average Bonchev–Trinajstić information content (AvgIpc) is 2.38. The first kappa shape index (κ1) is 13.9. The Morgan fingerprint density at radius 3 is 2.53 bits per heavy atom. The lowest BCUT2D eigenvalue weighted by Crippen LogP contribution is -2.34. The first-order valence-corrected chi connectivity index (χ1v) is 6.08. The number of hydrogen-bond acceptors (Lipinski definition) is 4. The van der Waals surface area contributed by atoms with E-state index in [1.165, 1.54) is 0 Å². The fraction of sp³-hybridized carbons (Fsp3) is 0.615. The maximum atomic E-state index is 10.1. The second-order valence-electron chi connectivity index (χ2n) is 4.24. The van der Waals surface area contributed by atoms with Gasteiger partial charge in [-0.1, -0.05) is 13.8 Å². The summed E-state index contributed by atoms with van der Waals surface area (Å²) in [5, 5.41) is 13.1. The minimum atomic E-state index is -0.732. The van der Waals surface area contributed by atoms with E-state index in [0.29, 0.717) is 25.2 Å². The van der Waals surface area contributed by atoms with Crippen molar-refractivity contribution in [1.82, 2.24) is 10.3 Å². The molecule has 0 saturated carbocycles. The summed E-state index contributed by atoms with van der Waals surface area (Å²) in [6, 6.07) is 3.80. The van der Waals surface area contributed by atoms with Gasteiger partial charge in [0.1, 0.15) is 12.4 Å². The van der Waals surface area contributed by atoms with Gasteiger partial charge in [0, 0.05) is 6.54 Å². The molecule has 0 amide bonds. The Hall–Kier alpha value is -1.13. The first-order chi connectivity index (χ1) is 8.13. The zero-order valence-electron chi connectivity index (χ0n) is 10.9. The molecule has 96 valence electrons. The standard InChI is InChI=1S/C13H22N2O2/c1-4-13(16,5-2)10-17-12-7-6-11(8-14-3)15-9-12/h6-7,9,14,16H,4-5,8,10H2,1-3H3. The highest BCUT2D eigenvalue weighted by molar-refractivity contribution is 5.20. The number of hydrogen-bond donors (Lipinski definition) is 2. The summed E-state index contributed by atoms with van der Waals surface area (Å²) in [7, 11) is 1.88. The molecule has 1 aromatic heterocycles. The Bertz CT molecular complexity index is 321. The fourth-order valence-corrected chi connectivity index (χ4v) is 1.45. The third-order valence-corrected chi connectivity index (χ3v) is 2.98. The minimum Gasteiger partial charge on any atom is -0.489 e. The van der Waals surface area contributed by atoms with Crippen LogP contribution in [-0.4, -0.2) is 29.3 Å². The van der Waals surface area contributed by atoms with Crippen LogP contribution in [0.3, 0.4) is 0 Å². The largest absolute Gasteiger partial charge is 0.489 e. The molecule has 0 radical (unpaired) electrons. The van der Waals surface area contributed by atoms with Crippen molar-refractivity contribution >= 4 is 0 Å². The normalized spacial score (nSPS) is 11.5. The minimum absolute atomic E-state index is 0.313. The van der Waals surface area contributed by atoms with Gasteiger partial charge in [0.05, 0.1) is 17.5 Å². The van der Waals surface area contributed by atoms with Crippen molar-refractivity contribution in [2.45, 2.75) is 38.8 Å². The predicted octanol–water partition coefficient (Wildman–Crippen LogP) is 1.73. The second-order valence-corrected chi connectivity index (χ2v) is 4.24. The summed E-state index contributed by atoms with van der Waals surface area (Å²) >= 11 is 0. The SMILES string of the molecule is CCC(O)(CC)COc1ccc(CNC)nc1. The Labute approximate surface area is 103 Å². The third-order valence-electron chi connectivity index (χ3n) is 2.98. The van der Waals surface area contributed by atoms with Gasteiger partial charge in [-0.15, -0.1) is 0 Å². The molecule has 1 rings (SSSR count). The number of pyridine rings is 1. The van der Waals surface area contributed by atoms with Gasteiger partial charge in [0.25, 0.3) is 0 Å². The molecule has 0 aliphatic carbocycles. The zero-order valence-corrected chi connectivity index (χ0v) is 10.9. The number of aliphatic hydroxyl groups is 1. The fourth-order valence-electron chi connectivity index (χ4n) is 1.45. The molecule has 0 unspecified atom stereocenters. The van der Waals surface area contributed by atoms with Gasteiger partial charge in [-0.05, 0) is 32.0 Å². The van der Waals surface area contributed by atoms with Crippen LogP contribution < -0.4 is 10.1 Å². The molecule has 0 aromatic carbocycles. The van der Waals surface area contributed by atoms with Gasteiger partial charge in [-0.2, -0.15) is 0 Å². The van der Waals surface area contributed by atoms with Crippen LogP contribution in [0.4, 0.5) is 0 Å². The van der Waals surface area contributed by atoms with E-state index >= 15 is 0 Å². The molecule has 0 fully saturated rings. The molecule has 0 aliphatic rings. The van der Waals surface area contributed by atoms with E-state index in [9.17, 15) is 5.11 Å². The van der Waals surface area contributed by atoms with Crippen molar-refractivity contribution < 1.29 is 9.84 Å². The Balaban J connectivity index is 2.52. The van der Waals surface area contributed by atoms with Crippen LogP contribution in [0.2, 0.25) is 0 Å². The van der Waals surface area contributed by atoms with Gasteiger partial charge in [0.15, 0.2) is 0 Å². The van der Waals surface area contributed by atoms with Gasteiger partial charge in [-0.25, -0.2) is 0 Å². The zero-order chi connectivity index (χ0) is 12.7. The lowest BCUT2D eigenvalue weighted by Gasteiger charge is -2.24. The topological polar surface area (TPSA) is 54.4 Å². The summed E-state index contributed by atoms with van der Waals surface area (Å²) < 4.78 is 5.55. The molecule has 0 saturated heterocycles. The monoisotopic (exact) mass is 238 g/mol. The Morgan fingerprint density at radius 2 is 2.06 bits per heavy atom. The lowest BCUT2D eigenvalue weighted by atomic mass is 9.99. The van der Waals surface area contributed by atoms with Gasteiger partial charge >= 0.3 is 0 Å². The summed E-state index contributed by atoms with van der Waals surface area (Å²) in [4.78, 5) is 4.25. The molecule has 0 atom stereocenters. The Kier molecular flexibility index (Phi) is 5.38. The van der Waals surface area contributed by atoms with Gasteiger partial charge in [-0.3, -0.25) is 4.98 Å². The van der Waals surface area contributed by atoms with Crippen molar-refractivity contribution in [2.75, 3.05) is 13.7 Å². The molecule has 4 nitrogen and oxygen atoms in total. The first-order valence-electron chi connectivity index (χ1n) is 6.08. The van der Waals surface area contributed by atoms with Gasteiger partial charge < -0.3 is 15.2 Å². The highest BCUT2D eigenvalue weighted by Crippen LogP contribution is 2.17.